The first-order valence-corrected chi connectivity index (χ1v) is 7.02. The molecule has 1 aromatic carbocycles. The number of aryl methyl sites for hydroxylation is 1. The second kappa shape index (κ2) is 6.43. The lowest BCUT2D eigenvalue weighted by Gasteiger charge is -2.09. The lowest BCUT2D eigenvalue weighted by atomic mass is 10.0. The summed E-state index contributed by atoms with van der Waals surface area (Å²) >= 11 is 0. The summed E-state index contributed by atoms with van der Waals surface area (Å²) in [4.78, 5) is 19.5. The Bertz CT molecular complexity index is 682. The van der Waals surface area contributed by atoms with Crippen LogP contribution in [0.2, 0.25) is 0 Å². The Morgan fingerprint density at radius 1 is 1.18 bits per heavy atom. The third-order valence-electron chi connectivity index (χ3n) is 3.29. The fraction of sp³-hybridized carbons (Fsp3) is 0.312. The molecule has 0 saturated carbocycles. The second-order valence-electron chi connectivity index (χ2n) is 5.37. The van der Waals surface area contributed by atoms with Crippen molar-refractivity contribution in [2.75, 3.05) is 0 Å². The molecule has 0 radical (unpaired) electrons. The van der Waals surface area contributed by atoms with Crippen molar-refractivity contribution in [3.05, 3.63) is 46.9 Å². The molecule has 0 spiro atoms. The average molecular weight is 301 g/mol. The molecule has 0 aliphatic heterocycles. The van der Waals surface area contributed by atoms with Gasteiger partial charge in [-0.2, -0.15) is 4.98 Å². The molecule has 22 heavy (non-hydrogen) atoms. The van der Waals surface area contributed by atoms with E-state index in [0.29, 0.717) is 12.5 Å². The van der Waals surface area contributed by atoms with Crippen LogP contribution in [0.5, 0.6) is 11.6 Å². The largest absolute Gasteiger partial charge is 0.501 e. The van der Waals surface area contributed by atoms with Gasteiger partial charge in [-0.15, -0.1) is 0 Å². The Kier molecular flexibility index (Phi) is 4.60. The van der Waals surface area contributed by atoms with Crippen LogP contribution in [0.4, 0.5) is 0 Å². The van der Waals surface area contributed by atoms with Crippen molar-refractivity contribution in [2.45, 2.75) is 33.2 Å². The molecule has 0 saturated heterocycles. The summed E-state index contributed by atoms with van der Waals surface area (Å²) in [7, 11) is 0. The summed E-state index contributed by atoms with van der Waals surface area (Å²) < 4.78 is 0. The molecule has 1 heterocycles. The van der Waals surface area contributed by atoms with Gasteiger partial charge in [0.2, 0.25) is 5.75 Å². The summed E-state index contributed by atoms with van der Waals surface area (Å²) in [6.45, 7) is 6.06. The van der Waals surface area contributed by atoms with E-state index >= 15 is 0 Å². The summed E-state index contributed by atoms with van der Waals surface area (Å²) in [6.07, 6.45) is 0. The molecule has 0 aliphatic rings. The third kappa shape index (κ3) is 3.52. The fourth-order valence-corrected chi connectivity index (χ4v) is 2.00. The van der Waals surface area contributed by atoms with E-state index in [1.54, 1.807) is 0 Å². The van der Waals surface area contributed by atoms with Gasteiger partial charge < -0.3 is 15.5 Å². The molecular formula is C16H19N3O3. The maximum absolute atomic E-state index is 12.0. The summed E-state index contributed by atoms with van der Waals surface area (Å²) in [5.74, 6) is -1.11. The van der Waals surface area contributed by atoms with Crippen LogP contribution in [-0.4, -0.2) is 26.1 Å². The number of benzene rings is 1. The van der Waals surface area contributed by atoms with Gasteiger partial charge in [-0.25, -0.2) is 4.98 Å². The first-order valence-electron chi connectivity index (χ1n) is 7.02. The van der Waals surface area contributed by atoms with Crippen LogP contribution in [0.15, 0.2) is 24.3 Å². The van der Waals surface area contributed by atoms with Crippen molar-refractivity contribution < 1.29 is 15.0 Å². The van der Waals surface area contributed by atoms with Gasteiger partial charge in [0.15, 0.2) is 5.69 Å². The summed E-state index contributed by atoms with van der Waals surface area (Å²) in [5.41, 5.74) is 1.93. The average Bonchev–Trinajstić information content (AvgIpc) is 2.48. The maximum atomic E-state index is 12.0. The number of nitrogens with one attached hydrogen (secondary N) is 1. The molecule has 1 aromatic heterocycles. The smallest absolute Gasteiger partial charge is 0.274 e. The molecule has 2 aromatic rings. The monoisotopic (exact) mass is 301 g/mol. The quantitative estimate of drug-likeness (QED) is 0.805. The molecule has 0 bridgehead atoms. The number of carbonyl (C=O) groups excluding carboxylic acids is 1. The predicted octanol–water partition coefficient (Wildman–Crippen LogP) is 2.25. The number of rotatable bonds is 4. The van der Waals surface area contributed by atoms with Gasteiger partial charge in [-0.3, -0.25) is 4.79 Å². The van der Waals surface area contributed by atoms with Crippen LogP contribution in [0.25, 0.3) is 0 Å². The Morgan fingerprint density at radius 3 is 2.41 bits per heavy atom. The minimum absolute atomic E-state index is 0.210. The number of hydrogen-bond acceptors (Lipinski definition) is 5. The van der Waals surface area contributed by atoms with Gasteiger partial charge >= 0.3 is 0 Å². The van der Waals surface area contributed by atoms with Crippen molar-refractivity contribution in [1.29, 1.82) is 0 Å². The highest BCUT2D eigenvalue weighted by molar-refractivity contribution is 5.95. The van der Waals surface area contributed by atoms with Crippen LogP contribution in [0.3, 0.4) is 0 Å². The van der Waals surface area contributed by atoms with Gasteiger partial charge in [0.05, 0.1) is 0 Å². The minimum Gasteiger partial charge on any atom is -0.501 e. The molecule has 6 nitrogen and oxygen atoms in total. The zero-order chi connectivity index (χ0) is 16.3. The van der Waals surface area contributed by atoms with E-state index in [0.717, 1.165) is 5.56 Å². The Balaban J connectivity index is 2.07. The van der Waals surface area contributed by atoms with Crippen molar-refractivity contribution >= 4 is 5.91 Å². The van der Waals surface area contributed by atoms with E-state index in [1.807, 2.05) is 24.3 Å². The first kappa shape index (κ1) is 15.8. The van der Waals surface area contributed by atoms with Gasteiger partial charge in [0.25, 0.3) is 11.8 Å². The molecule has 0 unspecified atom stereocenters. The second-order valence-corrected chi connectivity index (χ2v) is 5.37. The SMILES string of the molecule is Cc1nc(O)c(O)c(C(=O)NCc2ccc(C(C)C)cc2)n1. The Labute approximate surface area is 128 Å². The normalized spacial score (nSPS) is 10.7. The summed E-state index contributed by atoms with van der Waals surface area (Å²) in [6, 6.07) is 7.92. The number of aromatic hydroxyl groups is 2. The van der Waals surface area contributed by atoms with Crippen molar-refractivity contribution in [3.8, 4) is 11.6 Å². The standard InChI is InChI=1S/C16H19N3O3/c1-9(2)12-6-4-11(5-7-12)8-17-15(21)13-14(20)16(22)19-10(3)18-13/h4-7,9,20H,8H2,1-3H3,(H,17,21)(H,18,19,22). The van der Waals surface area contributed by atoms with Gasteiger partial charge in [-0.1, -0.05) is 38.1 Å². The molecule has 116 valence electrons. The maximum Gasteiger partial charge on any atom is 0.274 e. The molecule has 6 heteroatoms. The van der Waals surface area contributed by atoms with Crippen molar-refractivity contribution in [3.63, 3.8) is 0 Å². The number of carbonyl (C=O) groups is 1. The topological polar surface area (TPSA) is 95.3 Å². The molecular weight excluding hydrogens is 282 g/mol. The zero-order valence-electron chi connectivity index (χ0n) is 12.8. The Morgan fingerprint density at radius 2 is 1.82 bits per heavy atom. The highest BCUT2D eigenvalue weighted by atomic mass is 16.3. The van der Waals surface area contributed by atoms with Gasteiger partial charge in [0.1, 0.15) is 5.82 Å². The van der Waals surface area contributed by atoms with E-state index < -0.39 is 17.5 Å². The highest BCUT2D eigenvalue weighted by Crippen LogP contribution is 2.24. The summed E-state index contributed by atoms with van der Waals surface area (Å²) in [5, 5.41) is 21.7. The highest BCUT2D eigenvalue weighted by Gasteiger charge is 2.18. The molecule has 0 atom stereocenters. The number of hydrogen-bond donors (Lipinski definition) is 3. The lowest BCUT2D eigenvalue weighted by Crippen LogP contribution is -2.24. The van der Waals surface area contributed by atoms with Crippen LogP contribution in [-0.2, 0) is 6.54 Å². The minimum atomic E-state index is -0.613. The van der Waals surface area contributed by atoms with Crippen LogP contribution < -0.4 is 5.32 Å². The van der Waals surface area contributed by atoms with Crippen molar-refractivity contribution in [1.82, 2.24) is 15.3 Å². The fourth-order valence-electron chi connectivity index (χ4n) is 2.00. The molecule has 2 rings (SSSR count). The van der Waals surface area contributed by atoms with E-state index in [4.69, 9.17) is 0 Å². The van der Waals surface area contributed by atoms with E-state index in [2.05, 4.69) is 29.1 Å². The van der Waals surface area contributed by atoms with E-state index in [1.165, 1.54) is 12.5 Å². The van der Waals surface area contributed by atoms with Crippen molar-refractivity contribution in [2.24, 2.45) is 0 Å². The predicted molar refractivity (Wildman–Crippen MR) is 81.8 cm³/mol. The first-order chi connectivity index (χ1) is 10.4. The van der Waals surface area contributed by atoms with E-state index in [-0.39, 0.29) is 11.5 Å². The van der Waals surface area contributed by atoms with Crippen LogP contribution >= 0.6 is 0 Å². The van der Waals surface area contributed by atoms with Gasteiger partial charge in [-0.05, 0) is 24.0 Å². The van der Waals surface area contributed by atoms with Crippen LogP contribution in [0.1, 0.15) is 47.2 Å². The molecule has 1 amide bonds. The lowest BCUT2D eigenvalue weighted by molar-refractivity contribution is 0.0941. The number of nitrogens with zero attached hydrogens (tertiary/aromatic N) is 2. The molecule has 0 fully saturated rings. The molecule has 3 N–H and O–H groups in total. The molecule has 0 aliphatic carbocycles. The third-order valence-corrected chi connectivity index (χ3v) is 3.29. The number of amides is 1. The Hall–Kier alpha value is -2.63. The van der Waals surface area contributed by atoms with E-state index in [9.17, 15) is 15.0 Å². The van der Waals surface area contributed by atoms with Crippen LogP contribution in [0, 0.1) is 6.92 Å². The number of aromatic nitrogens is 2. The van der Waals surface area contributed by atoms with Gasteiger partial charge in [0, 0.05) is 6.54 Å². The zero-order valence-corrected chi connectivity index (χ0v) is 12.8.